The first kappa shape index (κ1) is 11.1. The maximum absolute atomic E-state index is 11.2. The van der Waals surface area contributed by atoms with Crippen LogP contribution >= 0.6 is 23.2 Å². The molecule has 0 unspecified atom stereocenters. The van der Waals surface area contributed by atoms with Gasteiger partial charge in [-0.2, -0.15) is 15.0 Å². The quantitative estimate of drug-likeness (QED) is 0.848. The maximum atomic E-state index is 11.2. The highest BCUT2D eigenvalue weighted by molar-refractivity contribution is 6.31. The monoisotopic (exact) mass is 234 g/mol. The molecule has 1 aromatic heterocycles. The SMILES string of the molecule is CC(C)C(=O)Nc1nc(Cl)nc(Cl)n1. The number of anilines is 1. The van der Waals surface area contributed by atoms with Crippen LogP contribution in [-0.4, -0.2) is 20.9 Å². The second-order valence-electron chi connectivity index (χ2n) is 2.84. The maximum Gasteiger partial charge on any atom is 0.235 e. The van der Waals surface area contributed by atoms with Gasteiger partial charge in [0.25, 0.3) is 0 Å². The van der Waals surface area contributed by atoms with Gasteiger partial charge in [-0.15, -0.1) is 0 Å². The van der Waals surface area contributed by atoms with Crippen LogP contribution in [-0.2, 0) is 4.79 Å². The molecule has 0 aromatic carbocycles. The first-order valence-corrected chi connectivity index (χ1v) is 4.62. The average Bonchev–Trinajstić information content (AvgIpc) is 2.01. The lowest BCUT2D eigenvalue weighted by atomic mass is 10.2. The van der Waals surface area contributed by atoms with Crippen molar-refractivity contribution in [2.75, 3.05) is 5.32 Å². The van der Waals surface area contributed by atoms with E-state index in [2.05, 4.69) is 20.3 Å². The molecule has 1 amide bonds. The van der Waals surface area contributed by atoms with Gasteiger partial charge in [-0.25, -0.2) is 0 Å². The van der Waals surface area contributed by atoms with Gasteiger partial charge in [0.1, 0.15) is 0 Å². The Morgan fingerprint density at radius 1 is 1.21 bits per heavy atom. The minimum Gasteiger partial charge on any atom is -0.294 e. The zero-order valence-electron chi connectivity index (χ0n) is 7.58. The predicted molar refractivity (Wildman–Crippen MR) is 53.3 cm³/mol. The summed E-state index contributed by atoms with van der Waals surface area (Å²) in [5.74, 6) is -0.304. The van der Waals surface area contributed by atoms with E-state index in [4.69, 9.17) is 23.2 Å². The van der Waals surface area contributed by atoms with Gasteiger partial charge in [0.2, 0.25) is 22.4 Å². The number of nitrogens with zero attached hydrogens (tertiary/aromatic N) is 3. The summed E-state index contributed by atoms with van der Waals surface area (Å²) < 4.78 is 0. The molecule has 0 fully saturated rings. The van der Waals surface area contributed by atoms with Crippen LogP contribution in [0.2, 0.25) is 10.6 Å². The third-order valence-electron chi connectivity index (χ3n) is 1.34. The lowest BCUT2D eigenvalue weighted by Gasteiger charge is -2.05. The molecule has 5 nitrogen and oxygen atoms in total. The molecule has 76 valence electrons. The average molecular weight is 235 g/mol. The van der Waals surface area contributed by atoms with E-state index in [9.17, 15) is 4.79 Å². The van der Waals surface area contributed by atoms with Crippen LogP contribution in [0, 0.1) is 5.92 Å². The number of amides is 1. The summed E-state index contributed by atoms with van der Waals surface area (Å²) in [7, 11) is 0. The van der Waals surface area contributed by atoms with Crippen molar-refractivity contribution in [3.63, 3.8) is 0 Å². The van der Waals surface area contributed by atoms with Crippen molar-refractivity contribution >= 4 is 35.1 Å². The fourth-order valence-electron chi connectivity index (χ4n) is 0.636. The molecule has 14 heavy (non-hydrogen) atoms. The van der Waals surface area contributed by atoms with E-state index in [-0.39, 0.29) is 28.3 Å². The molecule has 0 bridgehead atoms. The van der Waals surface area contributed by atoms with E-state index in [0.29, 0.717) is 0 Å². The molecule has 1 N–H and O–H groups in total. The van der Waals surface area contributed by atoms with E-state index < -0.39 is 0 Å². The van der Waals surface area contributed by atoms with Crippen LogP contribution < -0.4 is 5.32 Å². The molecule has 0 aliphatic carbocycles. The Morgan fingerprint density at radius 2 is 1.71 bits per heavy atom. The molecule has 0 aliphatic heterocycles. The highest BCUT2D eigenvalue weighted by atomic mass is 35.5. The topological polar surface area (TPSA) is 67.8 Å². The van der Waals surface area contributed by atoms with E-state index in [0.717, 1.165) is 0 Å². The zero-order valence-corrected chi connectivity index (χ0v) is 9.10. The molecule has 0 radical (unpaired) electrons. The number of hydrogen-bond donors (Lipinski definition) is 1. The summed E-state index contributed by atoms with van der Waals surface area (Å²) in [6, 6.07) is 0. The van der Waals surface area contributed by atoms with Crippen LogP contribution in [0.25, 0.3) is 0 Å². The zero-order chi connectivity index (χ0) is 10.7. The summed E-state index contributed by atoms with van der Waals surface area (Å²) in [6.45, 7) is 3.50. The van der Waals surface area contributed by atoms with Gasteiger partial charge in [0.15, 0.2) is 0 Å². The summed E-state index contributed by atoms with van der Waals surface area (Å²) in [5.41, 5.74) is 0. The summed E-state index contributed by atoms with van der Waals surface area (Å²) in [5, 5.41) is 2.35. The largest absolute Gasteiger partial charge is 0.294 e. The summed E-state index contributed by atoms with van der Waals surface area (Å²) >= 11 is 11.0. The predicted octanol–water partition coefficient (Wildman–Crippen LogP) is 1.77. The standard InChI is InChI=1S/C7H8Cl2N4O/c1-3(2)4(14)10-7-12-5(8)11-6(9)13-7/h3H,1-2H3,(H,10,11,12,13,14). The first-order chi connectivity index (χ1) is 6.49. The molecular weight excluding hydrogens is 227 g/mol. The molecule has 1 rings (SSSR count). The molecule has 0 spiro atoms. The van der Waals surface area contributed by atoms with Crippen LogP contribution in [0.15, 0.2) is 0 Å². The van der Waals surface area contributed by atoms with Crippen LogP contribution in [0.3, 0.4) is 0 Å². The first-order valence-electron chi connectivity index (χ1n) is 3.87. The van der Waals surface area contributed by atoms with Gasteiger partial charge >= 0.3 is 0 Å². The third-order valence-corrected chi connectivity index (χ3v) is 1.68. The van der Waals surface area contributed by atoms with Crippen molar-refractivity contribution in [3.8, 4) is 0 Å². The molecule has 1 heterocycles. The van der Waals surface area contributed by atoms with Gasteiger partial charge < -0.3 is 0 Å². The van der Waals surface area contributed by atoms with Gasteiger partial charge in [0.05, 0.1) is 0 Å². The second kappa shape index (κ2) is 4.52. The van der Waals surface area contributed by atoms with Crippen LogP contribution in [0.5, 0.6) is 0 Å². The van der Waals surface area contributed by atoms with E-state index in [1.54, 1.807) is 13.8 Å². The van der Waals surface area contributed by atoms with Crippen molar-refractivity contribution in [1.82, 2.24) is 15.0 Å². The third kappa shape index (κ3) is 3.08. The summed E-state index contributed by atoms with van der Waals surface area (Å²) in [4.78, 5) is 22.1. The summed E-state index contributed by atoms with van der Waals surface area (Å²) in [6.07, 6.45) is 0. The molecule has 0 saturated heterocycles. The Morgan fingerprint density at radius 3 is 2.14 bits per heavy atom. The highest BCUT2D eigenvalue weighted by Gasteiger charge is 2.10. The highest BCUT2D eigenvalue weighted by Crippen LogP contribution is 2.10. The van der Waals surface area contributed by atoms with Crippen molar-refractivity contribution < 1.29 is 4.79 Å². The number of carbonyl (C=O) groups is 1. The number of hydrogen-bond acceptors (Lipinski definition) is 4. The molecule has 0 saturated carbocycles. The second-order valence-corrected chi connectivity index (χ2v) is 3.52. The smallest absolute Gasteiger partial charge is 0.235 e. The van der Waals surface area contributed by atoms with Crippen molar-refractivity contribution in [3.05, 3.63) is 10.6 Å². The van der Waals surface area contributed by atoms with Crippen LogP contribution in [0.4, 0.5) is 5.95 Å². The van der Waals surface area contributed by atoms with Crippen molar-refractivity contribution in [1.29, 1.82) is 0 Å². The van der Waals surface area contributed by atoms with E-state index >= 15 is 0 Å². The van der Waals surface area contributed by atoms with Crippen LogP contribution in [0.1, 0.15) is 13.8 Å². The number of aromatic nitrogens is 3. The molecular formula is C7H8Cl2N4O. The molecule has 0 aliphatic rings. The van der Waals surface area contributed by atoms with Crippen molar-refractivity contribution in [2.45, 2.75) is 13.8 Å². The Kier molecular flexibility index (Phi) is 3.60. The Labute approximate surface area is 90.9 Å². The molecule has 0 atom stereocenters. The Bertz CT molecular complexity index is 335. The Balaban J connectivity index is 2.82. The fourth-order valence-corrected chi connectivity index (χ4v) is 1.000. The fraction of sp³-hybridized carbons (Fsp3) is 0.429. The van der Waals surface area contributed by atoms with Gasteiger partial charge in [-0.1, -0.05) is 13.8 Å². The molecule has 1 aromatic rings. The van der Waals surface area contributed by atoms with Gasteiger partial charge in [-0.3, -0.25) is 10.1 Å². The number of rotatable bonds is 2. The Hall–Kier alpha value is -0.940. The minimum absolute atomic E-state index is 0.0518. The lowest BCUT2D eigenvalue weighted by molar-refractivity contribution is -0.118. The van der Waals surface area contributed by atoms with Gasteiger partial charge in [-0.05, 0) is 23.2 Å². The normalized spacial score (nSPS) is 10.4. The number of halogens is 2. The van der Waals surface area contributed by atoms with E-state index in [1.165, 1.54) is 0 Å². The number of carbonyl (C=O) groups excluding carboxylic acids is 1. The number of nitrogens with one attached hydrogen (secondary N) is 1. The molecule has 7 heteroatoms. The van der Waals surface area contributed by atoms with E-state index in [1.807, 2.05) is 0 Å². The minimum atomic E-state index is -0.205. The lowest BCUT2D eigenvalue weighted by Crippen LogP contribution is -2.19. The van der Waals surface area contributed by atoms with Crippen molar-refractivity contribution in [2.24, 2.45) is 5.92 Å². The van der Waals surface area contributed by atoms with Gasteiger partial charge in [0, 0.05) is 5.92 Å².